The van der Waals surface area contributed by atoms with Crippen LogP contribution in [0.2, 0.25) is 0 Å². The number of imide groups is 1. The number of carbonyl (C=O) groups excluding carboxylic acids is 2. The first kappa shape index (κ1) is 28.3. The molecule has 0 spiro atoms. The summed E-state index contributed by atoms with van der Waals surface area (Å²) in [4.78, 5) is 27.4. The minimum atomic E-state index is -2.52. The van der Waals surface area contributed by atoms with Gasteiger partial charge in [-0.15, -0.1) is 0 Å². The summed E-state index contributed by atoms with van der Waals surface area (Å²) in [6.07, 6.45) is 9.40. The van der Waals surface area contributed by atoms with Gasteiger partial charge in [0.25, 0.3) is 0 Å². The quantitative estimate of drug-likeness (QED) is 0.288. The first-order valence-corrected chi connectivity index (χ1v) is 14.0. The van der Waals surface area contributed by atoms with E-state index in [0.29, 0.717) is 18.6 Å². The molecule has 190 valence electrons. The highest BCUT2D eigenvalue weighted by Gasteiger charge is 2.25. The number of rotatable bonds is 13. The number of methoxy groups -OCH3 is 1. The number of carbonyl (C=O) groups is 2. The lowest BCUT2D eigenvalue weighted by atomic mass is 9.96. The molecule has 0 heterocycles. The first-order chi connectivity index (χ1) is 16.4. The van der Waals surface area contributed by atoms with Gasteiger partial charge in [0.1, 0.15) is 5.75 Å². The summed E-state index contributed by atoms with van der Waals surface area (Å²) in [5, 5.41) is -0.361. The Labute approximate surface area is 209 Å². The van der Waals surface area contributed by atoms with E-state index in [0.717, 1.165) is 62.5 Å². The van der Waals surface area contributed by atoms with Crippen LogP contribution in [0.1, 0.15) is 76.7 Å². The second-order valence-electron chi connectivity index (χ2n) is 8.65. The molecule has 0 aliphatic heterocycles. The van der Waals surface area contributed by atoms with Gasteiger partial charge in [0.15, 0.2) is 0 Å². The first-order valence-electron chi connectivity index (χ1n) is 12.1. The van der Waals surface area contributed by atoms with Crippen molar-refractivity contribution >= 4 is 33.6 Å². The molecule has 10 heteroatoms. The average Bonchev–Trinajstić information content (AvgIpc) is 2.83. The Bertz CT molecular complexity index is 892. The van der Waals surface area contributed by atoms with Crippen molar-refractivity contribution in [2.75, 3.05) is 13.7 Å². The topological polar surface area (TPSA) is 105 Å². The molecule has 2 amide bonds. The largest absolute Gasteiger partial charge is 0.497 e. The van der Waals surface area contributed by atoms with E-state index in [4.69, 9.17) is 4.74 Å². The fraction of sp³-hybridized carbons (Fsp3) is 0.667. The molecule has 1 aliphatic carbocycles. The molecule has 0 aromatic heterocycles. The molecule has 8 nitrogen and oxygen atoms in total. The number of amides is 2. The highest BCUT2D eigenvalue weighted by atomic mass is 32.2. The molecule has 1 unspecified atom stereocenters. The zero-order valence-electron chi connectivity index (χ0n) is 20.2. The Morgan fingerprint density at radius 3 is 2.47 bits per heavy atom. The Balaban J connectivity index is 2.07. The summed E-state index contributed by atoms with van der Waals surface area (Å²) in [5.41, 5.74) is 0.777. The van der Waals surface area contributed by atoms with Gasteiger partial charge in [0.2, 0.25) is 5.91 Å². The van der Waals surface area contributed by atoms with E-state index in [1.165, 1.54) is 11.3 Å². The Kier molecular flexibility index (Phi) is 13.2. The molecule has 1 saturated carbocycles. The highest BCUT2D eigenvalue weighted by molar-refractivity contribution is 8.11. The van der Waals surface area contributed by atoms with Crippen molar-refractivity contribution in [2.45, 2.75) is 89.6 Å². The SMILES string of the molecule is CCCCCC(CCN(C(=O)Cc1ccc(OC)cc1)C(=O)SNC1CCCCC1)N=S(=O)=O. The van der Waals surface area contributed by atoms with Crippen LogP contribution in [0.15, 0.2) is 28.6 Å². The van der Waals surface area contributed by atoms with Gasteiger partial charge in [0.05, 0.1) is 19.6 Å². The summed E-state index contributed by atoms with van der Waals surface area (Å²) < 4.78 is 34.6. The maximum absolute atomic E-state index is 13.1. The smallest absolute Gasteiger partial charge is 0.311 e. The van der Waals surface area contributed by atoms with Crippen LogP contribution in [-0.4, -0.2) is 50.2 Å². The zero-order valence-corrected chi connectivity index (χ0v) is 21.8. The molecule has 2 rings (SSSR count). The second kappa shape index (κ2) is 15.9. The van der Waals surface area contributed by atoms with E-state index < -0.39 is 16.5 Å². The number of nitrogens with one attached hydrogen (secondary N) is 1. The predicted molar refractivity (Wildman–Crippen MR) is 135 cm³/mol. The minimum Gasteiger partial charge on any atom is -0.497 e. The molecule has 1 N–H and O–H groups in total. The van der Waals surface area contributed by atoms with Crippen LogP contribution in [0.25, 0.3) is 0 Å². The fourth-order valence-corrected chi connectivity index (χ4v) is 5.28. The summed E-state index contributed by atoms with van der Waals surface area (Å²) in [6.45, 7) is 2.21. The molecule has 1 atom stereocenters. The third-order valence-electron chi connectivity index (χ3n) is 6.02. The van der Waals surface area contributed by atoms with Crippen molar-refractivity contribution < 1.29 is 22.7 Å². The molecular weight excluding hydrogens is 474 g/mol. The van der Waals surface area contributed by atoms with Gasteiger partial charge in [-0.05, 0) is 43.4 Å². The van der Waals surface area contributed by atoms with Gasteiger partial charge in [-0.3, -0.25) is 19.2 Å². The third-order valence-corrected chi connectivity index (χ3v) is 7.33. The molecule has 1 fully saturated rings. The molecular formula is C24H37N3O5S2. The summed E-state index contributed by atoms with van der Waals surface area (Å²) in [6, 6.07) is 6.99. The molecule has 0 bridgehead atoms. The van der Waals surface area contributed by atoms with Crippen molar-refractivity contribution in [3.05, 3.63) is 29.8 Å². The standard InChI is InChI=1S/C24H37N3O5S2/c1-3-4-6-11-21(26-34(30)31)16-17-27(24(29)33-25-20-9-7-5-8-10-20)23(28)18-19-12-14-22(32-2)15-13-19/h12-15,20-21,25H,3-11,16-18H2,1-2H3. The van der Waals surface area contributed by atoms with Crippen molar-refractivity contribution in [3.8, 4) is 5.75 Å². The molecule has 0 saturated heterocycles. The normalized spacial score (nSPS) is 14.9. The van der Waals surface area contributed by atoms with Gasteiger partial charge in [-0.25, -0.2) is 0 Å². The van der Waals surface area contributed by atoms with Crippen molar-refractivity contribution in [1.29, 1.82) is 0 Å². The van der Waals surface area contributed by atoms with E-state index in [1.807, 2.05) is 0 Å². The Morgan fingerprint density at radius 2 is 1.85 bits per heavy atom. The van der Waals surface area contributed by atoms with Crippen LogP contribution in [0.5, 0.6) is 5.75 Å². The summed E-state index contributed by atoms with van der Waals surface area (Å²) in [5.74, 6) is 0.377. The number of unbranched alkanes of at least 4 members (excludes halogenated alkanes) is 2. The highest BCUT2D eigenvalue weighted by Crippen LogP contribution is 2.21. The molecule has 1 aromatic rings. The van der Waals surface area contributed by atoms with Crippen LogP contribution in [-0.2, 0) is 21.7 Å². The summed E-state index contributed by atoms with van der Waals surface area (Å²) >= 11 is 0.967. The monoisotopic (exact) mass is 511 g/mol. The van der Waals surface area contributed by atoms with Crippen LogP contribution in [0.3, 0.4) is 0 Å². The van der Waals surface area contributed by atoms with Crippen LogP contribution < -0.4 is 9.46 Å². The number of hydrogen-bond acceptors (Lipinski definition) is 8. The maximum Gasteiger partial charge on any atom is 0.311 e. The number of ether oxygens (including phenoxy) is 1. The molecule has 0 radical (unpaired) electrons. The van der Waals surface area contributed by atoms with Crippen molar-refractivity contribution in [2.24, 2.45) is 4.36 Å². The van der Waals surface area contributed by atoms with Crippen LogP contribution in [0, 0.1) is 0 Å². The number of hydrogen-bond donors (Lipinski definition) is 1. The minimum absolute atomic E-state index is 0.0743. The Morgan fingerprint density at radius 1 is 1.15 bits per heavy atom. The van der Waals surface area contributed by atoms with E-state index >= 15 is 0 Å². The lowest BCUT2D eigenvalue weighted by Gasteiger charge is -2.25. The predicted octanol–water partition coefficient (Wildman–Crippen LogP) is 5.16. The van der Waals surface area contributed by atoms with Crippen molar-refractivity contribution in [1.82, 2.24) is 9.62 Å². The van der Waals surface area contributed by atoms with Crippen molar-refractivity contribution in [3.63, 3.8) is 0 Å². The van der Waals surface area contributed by atoms with Crippen LogP contribution in [0.4, 0.5) is 4.79 Å². The summed E-state index contributed by atoms with van der Waals surface area (Å²) in [7, 11) is -0.944. The molecule has 34 heavy (non-hydrogen) atoms. The van der Waals surface area contributed by atoms with Gasteiger partial charge in [-0.2, -0.15) is 12.8 Å². The van der Waals surface area contributed by atoms with Gasteiger partial charge >= 0.3 is 15.7 Å². The third kappa shape index (κ3) is 10.6. The van der Waals surface area contributed by atoms with E-state index in [9.17, 15) is 18.0 Å². The lowest BCUT2D eigenvalue weighted by molar-refractivity contribution is -0.127. The van der Waals surface area contributed by atoms with Gasteiger partial charge in [0, 0.05) is 24.5 Å². The van der Waals surface area contributed by atoms with E-state index in [2.05, 4.69) is 16.0 Å². The molecule has 1 aliphatic rings. The maximum atomic E-state index is 13.1. The lowest BCUT2D eigenvalue weighted by Crippen LogP contribution is -2.39. The fourth-order valence-electron chi connectivity index (χ4n) is 4.02. The van der Waals surface area contributed by atoms with Crippen LogP contribution >= 0.6 is 11.9 Å². The zero-order chi connectivity index (χ0) is 24.8. The Hall–Kier alpha value is -1.91. The van der Waals surface area contributed by atoms with E-state index in [1.54, 1.807) is 31.4 Å². The van der Waals surface area contributed by atoms with Gasteiger partial charge in [-0.1, -0.05) is 57.6 Å². The van der Waals surface area contributed by atoms with E-state index in [-0.39, 0.29) is 30.2 Å². The molecule has 1 aromatic carbocycles. The average molecular weight is 512 g/mol. The number of benzene rings is 1. The number of nitrogens with zero attached hydrogens (tertiary/aromatic N) is 2. The van der Waals surface area contributed by atoms with Gasteiger partial charge < -0.3 is 4.74 Å². The second-order valence-corrected chi connectivity index (χ2v) is 10.1.